The Hall–Kier alpha value is -3.93. The van der Waals surface area contributed by atoms with Crippen molar-refractivity contribution in [2.24, 2.45) is 0 Å². The van der Waals surface area contributed by atoms with E-state index in [1.54, 1.807) is 0 Å². The molecule has 0 bridgehead atoms. The molecule has 0 radical (unpaired) electrons. The number of hydrogen-bond donors (Lipinski definition) is 0. The van der Waals surface area contributed by atoms with E-state index in [0.29, 0.717) is 19.3 Å². The van der Waals surface area contributed by atoms with Crippen molar-refractivity contribution in [2.75, 3.05) is 13.2 Å². The highest BCUT2D eigenvalue weighted by molar-refractivity contribution is 5.71. The monoisotopic (exact) mass is 1100 g/mol. The van der Waals surface area contributed by atoms with Crippen LogP contribution in [0.15, 0.2) is 109 Å². The molecule has 0 amide bonds. The van der Waals surface area contributed by atoms with Gasteiger partial charge < -0.3 is 14.2 Å². The van der Waals surface area contributed by atoms with Crippen molar-refractivity contribution in [3.63, 3.8) is 0 Å². The summed E-state index contributed by atoms with van der Waals surface area (Å²) in [6, 6.07) is 0. The number of esters is 3. The maximum Gasteiger partial charge on any atom is 0.306 e. The summed E-state index contributed by atoms with van der Waals surface area (Å²) in [5.74, 6) is -0.902. The fraction of sp³-hybridized carbons (Fsp3) is 0.712. The second-order valence-electron chi connectivity index (χ2n) is 22.0. The summed E-state index contributed by atoms with van der Waals surface area (Å²) in [5, 5.41) is 0. The van der Waals surface area contributed by atoms with Gasteiger partial charge in [0.05, 0.1) is 0 Å². The highest BCUT2D eigenvalue weighted by Gasteiger charge is 2.19. The van der Waals surface area contributed by atoms with Crippen molar-refractivity contribution in [2.45, 2.75) is 322 Å². The van der Waals surface area contributed by atoms with Crippen molar-refractivity contribution < 1.29 is 28.6 Å². The van der Waals surface area contributed by atoms with E-state index in [0.717, 1.165) is 135 Å². The fourth-order valence-electron chi connectivity index (χ4n) is 9.30. The first-order valence-electron chi connectivity index (χ1n) is 33.4. The van der Waals surface area contributed by atoms with Gasteiger partial charge in [-0.05, 0) is 122 Å². The van der Waals surface area contributed by atoms with Crippen LogP contribution >= 0.6 is 0 Å². The van der Waals surface area contributed by atoms with Crippen molar-refractivity contribution in [3.8, 4) is 0 Å². The van der Waals surface area contributed by atoms with Crippen LogP contribution in [0.4, 0.5) is 0 Å². The van der Waals surface area contributed by atoms with Crippen molar-refractivity contribution in [1.82, 2.24) is 0 Å². The van der Waals surface area contributed by atoms with Crippen LogP contribution in [0.25, 0.3) is 0 Å². The van der Waals surface area contributed by atoms with Gasteiger partial charge in [0, 0.05) is 19.3 Å². The van der Waals surface area contributed by atoms with Crippen LogP contribution in [0.2, 0.25) is 0 Å². The third-order valence-electron chi connectivity index (χ3n) is 14.2. The molecule has 0 spiro atoms. The molecule has 0 aromatic carbocycles. The summed E-state index contributed by atoms with van der Waals surface area (Å²) >= 11 is 0. The zero-order chi connectivity index (χ0) is 57.1. The predicted molar refractivity (Wildman–Crippen MR) is 343 cm³/mol. The Labute approximate surface area is 489 Å². The minimum Gasteiger partial charge on any atom is -0.462 e. The van der Waals surface area contributed by atoms with Crippen LogP contribution in [0.1, 0.15) is 316 Å². The molecule has 0 aromatic heterocycles. The number of hydrogen-bond acceptors (Lipinski definition) is 6. The van der Waals surface area contributed by atoms with Gasteiger partial charge in [-0.3, -0.25) is 14.4 Å². The zero-order valence-electron chi connectivity index (χ0n) is 51.9. The summed E-state index contributed by atoms with van der Waals surface area (Å²) in [6.45, 7) is 6.40. The Balaban J connectivity index is 4.17. The van der Waals surface area contributed by atoms with Crippen LogP contribution in [0.3, 0.4) is 0 Å². The lowest BCUT2D eigenvalue weighted by Crippen LogP contribution is -2.30. The summed E-state index contributed by atoms with van der Waals surface area (Å²) in [4.78, 5) is 38.3. The molecule has 0 aliphatic carbocycles. The van der Waals surface area contributed by atoms with Crippen molar-refractivity contribution in [1.29, 1.82) is 0 Å². The molecule has 0 saturated carbocycles. The molecular weight excluding hydrogens is 973 g/mol. The Kier molecular flexibility index (Phi) is 63.3. The van der Waals surface area contributed by atoms with Gasteiger partial charge in [0.1, 0.15) is 13.2 Å². The van der Waals surface area contributed by atoms with E-state index in [2.05, 4.69) is 130 Å². The van der Waals surface area contributed by atoms with Gasteiger partial charge in [0.2, 0.25) is 0 Å². The summed E-state index contributed by atoms with van der Waals surface area (Å²) in [6.07, 6.45) is 91.2. The highest BCUT2D eigenvalue weighted by Crippen LogP contribution is 2.17. The maximum atomic E-state index is 12.9. The molecule has 0 aliphatic heterocycles. The van der Waals surface area contributed by atoms with Gasteiger partial charge in [-0.15, -0.1) is 0 Å². The quantitative estimate of drug-likeness (QED) is 0.0261. The Bertz CT molecular complexity index is 1590. The molecule has 0 N–H and O–H groups in total. The van der Waals surface area contributed by atoms with E-state index in [9.17, 15) is 14.4 Å². The van der Waals surface area contributed by atoms with E-state index >= 15 is 0 Å². The van der Waals surface area contributed by atoms with Gasteiger partial charge in [0.25, 0.3) is 0 Å². The molecule has 79 heavy (non-hydrogen) atoms. The first-order chi connectivity index (χ1) is 39.0. The highest BCUT2D eigenvalue weighted by atomic mass is 16.6. The van der Waals surface area contributed by atoms with Crippen molar-refractivity contribution >= 4 is 17.9 Å². The van der Waals surface area contributed by atoms with Gasteiger partial charge in [0.15, 0.2) is 6.10 Å². The minimum absolute atomic E-state index is 0.0856. The summed E-state index contributed by atoms with van der Waals surface area (Å²) in [7, 11) is 0. The molecule has 1 atom stereocenters. The minimum atomic E-state index is -0.790. The average Bonchev–Trinajstić information content (AvgIpc) is 3.45. The molecule has 0 heterocycles. The van der Waals surface area contributed by atoms with E-state index in [1.165, 1.54) is 141 Å². The third-order valence-corrected chi connectivity index (χ3v) is 14.2. The lowest BCUT2D eigenvalue weighted by atomic mass is 10.0. The number of carbonyl (C=O) groups is 3. The van der Waals surface area contributed by atoms with Crippen LogP contribution in [0.5, 0.6) is 0 Å². The van der Waals surface area contributed by atoms with E-state index < -0.39 is 6.10 Å². The number of carbonyl (C=O) groups excluding carboxylic acids is 3. The zero-order valence-corrected chi connectivity index (χ0v) is 51.9. The standard InChI is InChI=1S/C73H124O6/c1-4-7-10-13-16-19-22-25-27-28-29-30-31-32-33-34-35-36-37-38-39-40-41-42-43-44-46-48-51-54-57-60-63-66-72(75)78-69-70(68-77-71(74)65-62-59-56-53-50-47-24-21-18-15-12-9-6-3)79-73(76)67-64-61-58-55-52-49-45-26-23-20-17-14-11-8-5-2/h7-8,10-11,16-17,19-21,24-27,29-30,32-33,45,70H,4-6,9,12-15,18,22-23,28,31,34-44,46-69H2,1-3H3/b10-7-,11-8-,19-16-,20-17-,24-21-,27-25-,30-29-,33-32-,45-26-. The maximum absolute atomic E-state index is 12.9. The number of rotatable bonds is 60. The SMILES string of the molecule is CC/C=C\C/C=C\C/C=C\C/C=C\C/C=C\CCCCCCCCCCCCCCCCCCCC(=O)OCC(COC(=O)CCCCCCC/C=C\CCCCCC)OC(=O)CCCCCCC/C=C\C/C=C\C/C=C\CC. The molecule has 0 aromatic rings. The van der Waals surface area contributed by atoms with Crippen LogP contribution in [-0.4, -0.2) is 37.2 Å². The topological polar surface area (TPSA) is 78.9 Å². The first kappa shape index (κ1) is 75.1. The van der Waals surface area contributed by atoms with E-state index in [4.69, 9.17) is 14.2 Å². The van der Waals surface area contributed by atoms with Gasteiger partial charge >= 0.3 is 17.9 Å². The third kappa shape index (κ3) is 64.8. The lowest BCUT2D eigenvalue weighted by Gasteiger charge is -2.18. The number of unbranched alkanes of at least 4 members (excludes halogenated alkanes) is 31. The average molecular weight is 1100 g/mol. The van der Waals surface area contributed by atoms with Crippen LogP contribution < -0.4 is 0 Å². The second-order valence-corrected chi connectivity index (χ2v) is 22.0. The number of allylic oxidation sites excluding steroid dienone is 18. The van der Waals surface area contributed by atoms with Gasteiger partial charge in [-0.25, -0.2) is 0 Å². The van der Waals surface area contributed by atoms with Crippen LogP contribution in [-0.2, 0) is 28.6 Å². The molecule has 0 aliphatic rings. The second kappa shape index (κ2) is 66.6. The Morgan fingerprint density at radius 2 is 0.494 bits per heavy atom. The lowest BCUT2D eigenvalue weighted by molar-refractivity contribution is -0.167. The van der Waals surface area contributed by atoms with Crippen molar-refractivity contribution in [3.05, 3.63) is 109 Å². The Morgan fingerprint density at radius 3 is 0.785 bits per heavy atom. The fourth-order valence-corrected chi connectivity index (χ4v) is 9.30. The predicted octanol–water partition coefficient (Wildman–Crippen LogP) is 23.0. The summed E-state index contributed by atoms with van der Waals surface area (Å²) in [5.41, 5.74) is 0. The molecule has 6 heteroatoms. The Morgan fingerprint density at radius 1 is 0.266 bits per heavy atom. The largest absolute Gasteiger partial charge is 0.462 e. The van der Waals surface area contributed by atoms with Gasteiger partial charge in [-0.2, -0.15) is 0 Å². The molecule has 0 saturated heterocycles. The normalized spacial score (nSPS) is 12.8. The molecule has 1 unspecified atom stereocenters. The molecule has 452 valence electrons. The molecule has 6 nitrogen and oxygen atoms in total. The molecule has 0 fully saturated rings. The number of ether oxygens (including phenoxy) is 3. The van der Waals surface area contributed by atoms with Gasteiger partial charge in [-0.1, -0.05) is 284 Å². The smallest absolute Gasteiger partial charge is 0.306 e. The first-order valence-corrected chi connectivity index (χ1v) is 33.4. The van der Waals surface area contributed by atoms with E-state index in [1.807, 2.05) is 0 Å². The molecular formula is C73H124O6. The van der Waals surface area contributed by atoms with E-state index in [-0.39, 0.29) is 31.1 Å². The summed E-state index contributed by atoms with van der Waals surface area (Å²) < 4.78 is 16.9. The van der Waals surface area contributed by atoms with Crippen LogP contribution in [0, 0.1) is 0 Å². The molecule has 0 rings (SSSR count).